The van der Waals surface area contributed by atoms with Crippen molar-refractivity contribution in [2.75, 3.05) is 26.3 Å². The summed E-state index contributed by atoms with van der Waals surface area (Å²) in [6, 6.07) is -0.0180. The van der Waals surface area contributed by atoms with E-state index in [4.69, 9.17) is 4.74 Å². The molecule has 6 nitrogen and oxygen atoms in total. The van der Waals surface area contributed by atoms with Crippen molar-refractivity contribution >= 4 is 0 Å². The van der Waals surface area contributed by atoms with E-state index in [1.54, 1.807) is 0 Å². The molecule has 2 heterocycles. The van der Waals surface area contributed by atoms with Crippen molar-refractivity contribution in [2.24, 2.45) is 0 Å². The summed E-state index contributed by atoms with van der Waals surface area (Å²) in [6.07, 6.45) is -0.0658. The third kappa shape index (κ3) is 2.09. The number of morpholine rings is 1. The summed E-state index contributed by atoms with van der Waals surface area (Å²) in [7, 11) is 0. The molecule has 2 N–H and O–H groups in total. The molecule has 0 bridgehead atoms. The van der Waals surface area contributed by atoms with E-state index in [1.165, 1.54) is 0 Å². The minimum atomic E-state index is -0.0658. The van der Waals surface area contributed by atoms with Crippen LogP contribution >= 0.6 is 0 Å². The van der Waals surface area contributed by atoms with Crippen LogP contribution in [0.1, 0.15) is 30.7 Å². The van der Waals surface area contributed by atoms with E-state index >= 15 is 0 Å². The number of ether oxygens (including phenoxy) is 1. The second-order valence-electron chi connectivity index (χ2n) is 4.07. The lowest BCUT2D eigenvalue weighted by atomic mass is 10.2. The van der Waals surface area contributed by atoms with Gasteiger partial charge in [-0.25, -0.2) is 0 Å². The maximum atomic E-state index is 9.22. The molecule has 2 rings (SSSR count). The summed E-state index contributed by atoms with van der Waals surface area (Å²) in [6.45, 7) is 6.21. The molecule has 2 unspecified atom stereocenters. The number of aromatic nitrogens is 3. The molecule has 1 aliphatic heterocycles. The number of hydrogen-bond acceptors (Lipinski definition) is 5. The fraction of sp³-hybridized carbons (Fsp3) is 0.800. The number of nitrogens with zero attached hydrogens (tertiary/aromatic N) is 3. The Labute approximate surface area is 94.6 Å². The van der Waals surface area contributed by atoms with Gasteiger partial charge in [-0.2, -0.15) is 0 Å². The predicted octanol–water partition coefficient (Wildman–Crippen LogP) is -0.199. The lowest BCUT2D eigenvalue weighted by Gasteiger charge is -2.25. The summed E-state index contributed by atoms with van der Waals surface area (Å²) in [5.74, 6) is 1.61. The van der Waals surface area contributed by atoms with Crippen molar-refractivity contribution in [2.45, 2.75) is 26.0 Å². The van der Waals surface area contributed by atoms with Crippen LogP contribution in [0.25, 0.3) is 0 Å². The molecule has 6 heteroatoms. The highest BCUT2D eigenvalue weighted by Crippen LogP contribution is 2.21. The first-order chi connectivity index (χ1) is 7.74. The van der Waals surface area contributed by atoms with Crippen LogP contribution < -0.4 is 5.32 Å². The third-order valence-corrected chi connectivity index (χ3v) is 2.81. The van der Waals surface area contributed by atoms with E-state index in [-0.39, 0.29) is 18.8 Å². The van der Waals surface area contributed by atoms with Gasteiger partial charge in [-0.05, 0) is 13.8 Å². The van der Waals surface area contributed by atoms with Gasteiger partial charge in [-0.3, -0.25) is 0 Å². The van der Waals surface area contributed by atoms with Crippen molar-refractivity contribution in [1.29, 1.82) is 0 Å². The number of aliphatic hydroxyl groups is 1. The summed E-state index contributed by atoms with van der Waals surface area (Å²) < 4.78 is 7.59. The molecule has 16 heavy (non-hydrogen) atoms. The lowest BCUT2D eigenvalue weighted by Crippen LogP contribution is -2.35. The molecule has 0 saturated carbocycles. The molecule has 1 aromatic heterocycles. The molecule has 0 radical (unpaired) electrons. The normalized spacial score (nSPS) is 23.3. The van der Waals surface area contributed by atoms with E-state index < -0.39 is 0 Å². The maximum absolute atomic E-state index is 9.22. The van der Waals surface area contributed by atoms with Gasteiger partial charge in [0.1, 0.15) is 11.9 Å². The van der Waals surface area contributed by atoms with Gasteiger partial charge in [0, 0.05) is 13.1 Å². The van der Waals surface area contributed by atoms with Gasteiger partial charge in [-0.1, -0.05) is 0 Å². The predicted molar refractivity (Wildman–Crippen MR) is 58.1 cm³/mol. The summed E-state index contributed by atoms with van der Waals surface area (Å²) in [4.78, 5) is 0. The van der Waals surface area contributed by atoms with Crippen LogP contribution in [0.5, 0.6) is 0 Å². The minimum Gasteiger partial charge on any atom is -0.394 e. The second-order valence-corrected chi connectivity index (χ2v) is 4.07. The van der Waals surface area contributed by atoms with Crippen molar-refractivity contribution in [3.8, 4) is 0 Å². The molecular weight excluding hydrogens is 208 g/mol. The lowest BCUT2D eigenvalue weighted by molar-refractivity contribution is 0.0182. The van der Waals surface area contributed by atoms with Crippen LogP contribution in [0.15, 0.2) is 0 Å². The van der Waals surface area contributed by atoms with Gasteiger partial charge in [0.2, 0.25) is 0 Å². The van der Waals surface area contributed by atoms with Crippen LogP contribution in [0, 0.1) is 6.92 Å². The number of hydrogen-bond donors (Lipinski definition) is 2. The highest BCUT2D eigenvalue weighted by atomic mass is 16.5. The molecule has 1 fully saturated rings. The Kier molecular flexibility index (Phi) is 3.52. The molecule has 0 aromatic carbocycles. The van der Waals surface area contributed by atoms with Crippen LogP contribution in [-0.2, 0) is 4.74 Å². The molecule has 1 saturated heterocycles. The molecule has 1 aromatic rings. The zero-order valence-corrected chi connectivity index (χ0v) is 9.68. The smallest absolute Gasteiger partial charge is 0.163 e. The van der Waals surface area contributed by atoms with Crippen LogP contribution in [-0.4, -0.2) is 46.2 Å². The molecule has 90 valence electrons. The van der Waals surface area contributed by atoms with Crippen molar-refractivity contribution in [3.63, 3.8) is 0 Å². The first-order valence-electron chi connectivity index (χ1n) is 5.58. The number of nitrogens with one attached hydrogen (secondary N) is 1. The van der Waals surface area contributed by atoms with Crippen molar-refractivity contribution in [3.05, 3.63) is 11.6 Å². The highest BCUT2D eigenvalue weighted by molar-refractivity contribution is 5.01. The maximum Gasteiger partial charge on any atom is 0.163 e. The van der Waals surface area contributed by atoms with Crippen molar-refractivity contribution in [1.82, 2.24) is 20.1 Å². The summed E-state index contributed by atoms with van der Waals surface area (Å²) in [5, 5.41) is 20.7. The Morgan fingerprint density at radius 3 is 3.06 bits per heavy atom. The molecule has 0 amide bonds. The Hall–Kier alpha value is -0.980. The first-order valence-corrected chi connectivity index (χ1v) is 5.58. The fourth-order valence-corrected chi connectivity index (χ4v) is 1.96. The molecule has 2 atom stereocenters. The van der Waals surface area contributed by atoms with Crippen LogP contribution in [0.2, 0.25) is 0 Å². The molecular formula is C10H18N4O2. The third-order valence-electron chi connectivity index (χ3n) is 2.81. The topological polar surface area (TPSA) is 72.2 Å². The van der Waals surface area contributed by atoms with Crippen LogP contribution in [0.3, 0.4) is 0 Å². The minimum absolute atomic E-state index is 0.0180. The van der Waals surface area contributed by atoms with Gasteiger partial charge >= 0.3 is 0 Å². The Morgan fingerprint density at radius 2 is 2.44 bits per heavy atom. The molecule has 0 aliphatic carbocycles. The number of rotatable bonds is 3. The van der Waals surface area contributed by atoms with Gasteiger partial charge < -0.3 is 19.7 Å². The van der Waals surface area contributed by atoms with E-state index in [1.807, 2.05) is 18.4 Å². The number of aryl methyl sites for hydroxylation is 1. The standard InChI is InChI=1S/C10H18N4O2/c1-7(6-15)14-8(2)12-13-10(14)9-5-11-3-4-16-9/h7,9,11,15H,3-6H2,1-2H3. The van der Waals surface area contributed by atoms with E-state index in [0.29, 0.717) is 6.61 Å². The second kappa shape index (κ2) is 4.90. The highest BCUT2D eigenvalue weighted by Gasteiger charge is 2.24. The molecule has 0 spiro atoms. The first kappa shape index (κ1) is 11.5. The van der Waals surface area contributed by atoms with Gasteiger partial charge in [0.05, 0.1) is 19.3 Å². The van der Waals surface area contributed by atoms with Gasteiger partial charge in [-0.15, -0.1) is 10.2 Å². The van der Waals surface area contributed by atoms with Gasteiger partial charge in [0.15, 0.2) is 5.82 Å². The monoisotopic (exact) mass is 226 g/mol. The zero-order chi connectivity index (χ0) is 11.5. The average Bonchev–Trinajstić information content (AvgIpc) is 2.71. The Balaban J connectivity index is 2.25. The summed E-state index contributed by atoms with van der Waals surface area (Å²) >= 11 is 0. The zero-order valence-electron chi connectivity index (χ0n) is 9.68. The van der Waals surface area contributed by atoms with E-state index in [0.717, 1.165) is 24.7 Å². The van der Waals surface area contributed by atoms with E-state index in [9.17, 15) is 5.11 Å². The fourth-order valence-electron chi connectivity index (χ4n) is 1.96. The SMILES string of the molecule is Cc1nnc(C2CNCCO2)n1C(C)CO. The quantitative estimate of drug-likeness (QED) is 0.747. The van der Waals surface area contributed by atoms with Crippen molar-refractivity contribution < 1.29 is 9.84 Å². The Bertz CT molecular complexity index is 347. The van der Waals surface area contributed by atoms with Crippen LogP contribution in [0.4, 0.5) is 0 Å². The average molecular weight is 226 g/mol. The Morgan fingerprint density at radius 1 is 1.62 bits per heavy atom. The molecule has 1 aliphatic rings. The summed E-state index contributed by atoms with van der Waals surface area (Å²) in [5.41, 5.74) is 0. The van der Waals surface area contributed by atoms with E-state index in [2.05, 4.69) is 15.5 Å². The van der Waals surface area contributed by atoms with Gasteiger partial charge in [0.25, 0.3) is 0 Å². The number of aliphatic hydroxyl groups excluding tert-OH is 1. The largest absolute Gasteiger partial charge is 0.394 e.